The van der Waals surface area contributed by atoms with Crippen LogP contribution in [0.3, 0.4) is 0 Å². The van der Waals surface area contributed by atoms with Crippen LogP contribution in [0.2, 0.25) is 0 Å². The van der Waals surface area contributed by atoms with Crippen molar-refractivity contribution in [1.29, 1.82) is 0 Å². The van der Waals surface area contributed by atoms with Crippen LogP contribution in [0.5, 0.6) is 0 Å². The lowest BCUT2D eigenvalue weighted by atomic mass is 9.67. The molecule has 1 amide bonds. The number of hydrogen-bond donors (Lipinski definition) is 1. The SMILES string of the molecule is O=C(O)c1cnn(C2CCN(C(=O)C3CCC4CCCCC4C3)CC2)c1. The normalized spacial score (nSPS) is 30.0. The molecule has 2 aliphatic carbocycles. The minimum Gasteiger partial charge on any atom is -0.478 e. The first kappa shape index (κ1) is 17.6. The Morgan fingerprint density at radius 3 is 2.42 bits per heavy atom. The smallest absolute Gasteiger partial charge is 0.338 e. The summed E-state index contributed by atoms with van der Waals surface area (Å²) in [7, 11) is 0. The van der Waals surface area contributed by atoms with Crippen LogP contribution >= 0.6 is 0 Å². The third kappa shape index (κ3) is 3.51. The van der Waals surface area contributed by atoms with Crippen LogP contribution in [0.25, 0.3) is 0 Å². The highest BCUT2D eigenvalue weighted by atomic mass is 16.4. The summed E-state index contributed by atoms with van der Waals surface area (Å²) < 4.78 is 1.76. The molecule has 0 bridgehead atoms. The Kier molecular flexibility index (Phi) is 5.00. The number of piperidine rings is 1. The molecule has 3 atom stereocenters. The molecular formula is C20H29N3O3. The highest BCUT2D eigenvalue weighted by Crippen LogP contribution is 2.43. The average molecular weight is 359 g/mol. The number of aromatic nitrogens is 2. The van der Waals surface area contributed by atoms with Gasteiger partial charge in [0.1, 0.15) is 0 Å². The summed E-state index contributed by atoms with van der Waals surface area (Å²) in [6.07, 6.45) is 13.5. The number of rotatable bonds is 3. The minimum atomic E-state index is -0.942. The first-order chi connectivity index (χ1) is 12.6. The van der Waals surface area contributed by atoms with Crippen LogP contribution in [0.15, 0.2) is 12.4 Å². The van der Waals surface area contributed by atoms with Gasteiger partial charge < -0.3 is 10.0 Å². The number of amides is 1. The predicted molar refractivity (Wildman–Crippen MR) is 96.8 cm³/mol. The van der Waals surface area contributed by atoms with Crippen molar-refractivity contribution in [3.63, 3.8) is 0 Å². The van der Waals surface area contributed by atoms with Crippen molar-refractivity contribution in [3.05, 3.63) is 18.0 Å². The van der Waals surface area contributed by atoms with Gasteiger partial charge >= 0.3 is 5.97 Å². The van der Waals surface area contributed by atoms with E-state index in [4.69, 9.17) is 5.11 Å². The Morgan fingerprint density at radius 2 is 1.73 bits per heavy atom. The Labute approximate surface area is 154 Å². The number of carboxylic acid groups (broad SMARTS) is 1. The maximum absolute atomic E-state index is 13.0. The van der Waals surface area contributed by atoms with Crippen molar-refractivity contribution in [2.75, 3.05) is 13.1 Å². The van der Waals surface area contributed by atoms with Crippen LogP contribution in [0.1, 0.15) is 74.2 Å². The van der Waals surface area contributed by atoms with Gasteiger partial charge in [-0.15, -0.1) is 0 Å². The van der Waals surface area contributed by atoms with Gasteiger partial charge in [0, 0.05) is 25.2 Å². The molecule has 0 aromatic carbocycles. The molecule has 0 spiro atoms. The fourth-order valence-electron chi connectivity index (χ4n) is 5.35. The summed E-state index contributed by atoms with van der Waals surface area (Å²) >= 11 is 0. The van der Waals surface area contributed by atoms with Crippen LogP contribution in [0, 0.1) is 17.8 Å². The van der Waals surface area contributed by atoms with Crippen molar-refractivity contribution in [2.45, 2.75) is 63.8 Å². The first-order valence-electron chi connectivity index (χ1n) is 10.2. The number of fused-ring (bicyclic) bond motifs is 1. The third-order valence-corrected chi connectivity index (χ3v) is 6.89. The van der Waals surface area contributed by atoms with Gasteiger partial charge in [-0.1, -0.05) is 25.7 Å². The minimum absolute atomic E-state index is 0.196. The lowest BCUT2D eigenvalue weighted by Gasteiger charge is -2.41. The standard InChI is InChI=1S/C20H29N3O3/c24-19(16-6-5-14-3-1-2-4-15(14)11-16)22-9-7-18(8-10-22)23-13-17(12-21-23)20(25)26/h12-16,18H,1-11H2,(H,25,26). The Morgan fingerprint density at radius 1 is 1.00 bits per heavy atom. The molecule has 3 unspecified atom stereocenters. The predicted octanol–water partition coefficient (Wildman–Crippen LogP) is 3.35. The highest BCUT2D eigenvalue weighted by Gasteiger charge is 2.37. The average Bonchev–Trinajstić information content (AvgIpc) is 3.18. The van der Waals surface area contributed by atoms with E-state index in [0.29, 0.717) is 5.91 Å². The molecule has 4 rings (SSSR count). The van der Waals surface area contributed by atoms with Gasteiger partial charge in [-0.2, -0.15) is 5.10 Å². The molecule has 0 radical (unpaired) electrons. The van der Waals surface area contributed by atoms with Crippen molar-refractivity contribution >= 4 is 11.9 Å². The van der Waals surface area contributed by atoms with E-state index in [1.54, 1.807) is 10.9 Å². The fourth-order valence-corrected chi connectivity index (χ4v) is 5.35. The molecule has 6 heteroatoms. The van der Waals surface area contributed by atoms with Gasteiger partial charge in [0.25, 0.3) is 0 Å². The Bertz CT molecular complexity index is 663. The van der Waals surface area contributed by atoms with E-state index >= 15 is 0 Å². The maximum Gasteiger partial charge on any atom is 0.338 e. The molecule has 142 valence electrons. The molecular weight excluding hydrogens is 330 g/mol. The molecule has 1 aromatic heterocycles. The van der Waals surface area contributed by atoms with Crippen LogP contribution in [0.4, 0.5) is 0 Å². The van der Waals surface area contributed by atoms with E-state index in [0.717, 1.165) is 50.6 Å². The summed E-state index contributed by atoms with van der Waals surface area (Å²) in [6, 6.07) is 0.196. The van der Waals surface area contributed by atoms with Gasteiger partial charge in [0.15, 0.2) is 0 Å². The second kappa shape index (κ2) is 7.41. The van der Waals surface area contributed by atoms with Crippen molar-refractivity contribution in [1.82, 2.24) is 14.7 Å². The first-order valence-corrected chi connectivity index (χ1v) is 10.2. The molecule has 3 aliphatic rings. The van der Waals surface area contributed by atoms with Gasteiger partial charge in [-0.3, -0.25) is 9.48 Å². The Balaban J connectivity index is 1.31. The molecule has 3 fully saturated rings. The van der Waals surface area contributed by atoms with Crippen molar-refractivity contribution < 1.29 is 14.7 Å². The summed E-state index contributed by atoms with van der Waals surface area (Å²) in [6.45, 7) is 1.52. The van der Waals surface area contributed by atoms with Crippen molar-refractivity contribution in [2.24, 2.45) is 17.8 Å². The molecule has 2 heterocycles. The quantitative estimate of drug-likeness (QED) is 0.898. The van der Waals surface area contributed by atoms with Gasteiger partial charge in [-0.25, -0.2) is 4.79 Å². The van der Waals surface area contributed by atoms with Gasteiger partial charge in [-0.05, 0) is 43.9 Å². The van der Waals surface area contributed by atoms with E-state index in [-0.39, 0.29) is 17.5 Å². The summed E-state index contributed by atoms with van der Waals surface area (Å²) in [4.78, 5) is 26.0. The molecule has 2 saturated carbocycles. The lowest BCUT2D eigenvalue weighted by Crippen LogP contribution is -2.44. The summed E-state index contributed by atoms with van der Waals surface area (Å²) in [5.74, 6) is 1.31. The van der Waals surface area contributed by atoms with Crippen LogP contribution in [-0.2, 0) is 4.79 Å². The van der Waals surface area contributed by atoms with E-state index in [1.807, 2.05) is 4.90 Å². The zero-order valence-corrected chi connectivity index (χ0v) is 15.3. The van der Waals surface area contributed by atoms with E-state index in [1.165, 1.54) is 38.3 Å². The fraction of sp³-hybridized carbons (Fsp3) is 0.750. The number of hydrogen-bond acceptors (Lipinski definition) is 3. The number of likely N-dealkylation sites (tertiary alicyclic amines) is 1. The zero-order chi connectivity index (χ0) is 18.1. The number of carbonyl (C=O) groups excluding carboxylic acids is 1. The second-order valence-corrected chi connectivity index (χ2v) is 8.39. The maximum atomic E-state index is 13.0. The van der Waals surface area contributed by atoms with E-state index in [2.05, 4.69) is 5.10 Å². The third-order valence-electron chi connectivity index (χ3n) is 6.89. The highest BCUT2D eigenvalue weighted by molar-refractivity contribution is 5.86. The topological polar surface area (TPSA) is 75.4 Å². The zero-order valence-electron chi connectivity index (χ0n) is 15.3. The van der Waals surface area contributed by atoms with Crippen LogP contribution < -0.4 is 0 Å². The van der Waals surface area contributed by atoms with E-state index in [9.17, 15) is 9.59 Å². The summed E-state index contributed by atoms with van der Waals surface area (Å²) in [5, 5.41) is 13.2. The molecule has 1 aromatic rings. The van der Waals surface area contributed by atoms with Gasteiger partial charge in [0.2, 0.25) is 5.91 Å². The second-order valence-electron chi connectivity index (χ2n) is 8.39. The monoisotopic (exact) mass is 359 g/mol. The number of carboxylic acids is 1. The van der Waals surface area contributed by atoms with Crippen LogP contribution in [-0.4, -0.2) is 44.8 Å². The summed E-state index contributed by atoms with van der Waals surface area (Å²) in [5.41, 5.74) is 0.229. The molecule has 26 heavy (non-hydrogen) atoms. The largest absolute Gasteiger partial charge is 0.478 e. The van der Waals surface area contributed by atoms with Gasteiger partial charge in [0.05, 0.1) is 17.8 Å². The Hall–Kier alpha value is -1.85. The molecule has 1 saturated heterocycles. The van der Waals surface area contributed by atoms with E-state index < -0.39 is 5.97 Å². The molecule has 1 N–H and O–H groups in total. The number of nitrogens with zero attached hydrogens (tertiary/aromatic N) is 3. The molecule has 1 aliphatic heterocycles. The van der Waals surface area contributed by atoms with Crippen molar-refractivity contribution in [3.8, 4) is 0 Å². The lowest BCUT2D eigenvalue weighted by molar-refractivity contribution is -0.139. The molecule has 6 nitrogen and oxygen atoms in total. The number of carbonyl (C=O) groups is 2. The number of aromatic carboxylic acids is 1.